The summed E-state index contributed by atoms with van der Waals surface area (Å²) < 4.78 is 19.2. The van der Waals surface area contributed by atoms with Crippen molar-refractivity contribution in [2.45, 2.75) is 37.8 Å². The maximum absolute atomic E-state index is 14.2. The van der Waals surface area contributed by atoms with Crippen molar-refractivity contribution in [2.75, 3.05) is 20.3 Å². The summed E-state index contributed by atoms with van der Waals surface area (Å²) in [4.78, 5) is 0. The SMILES string of the molecule is COCC(F)(CCCN)C1CCC1. The molecule has 0 aromatic rings. The fourth-order valence-electron chi connectivity index (χ4n) is 1.96. The number of methoxy groups -OCH3 is 1. The van der Waals surface area contributed by atoms with E-state index in [1.54, 1.807) is 7.11 Å². The predicted molar refractivity (Wildman–Crippen MR) is 51.3 cm³/mol. The van der Waals surface area contributed by atoms with Crippen molar-refractivity contribution in [3.05, 3.63) is 0 Å². The number of hydrogen-bond acceptors (Lipinski definition) is 2. The Morgan fingerprint density at radius 2 is 2.23 bits per heavy atom. The van der Waals surface area contributed by atoms with Crippen LogP contribution in [0.3, 0.4) is 0 Å². The highest BCUT2D eigenvalue weighted by molar-refractivity contribution is 4.91. The van der Waals surface area contributed by atoms with Crippen LogP contribution in [0.2, 0.25) is 0 Å². The minimum atomic E-state index is -1.10. The largest absolute Gasteiger partial charge is 0.381 e. The van der Waals surface area contributed by atoms with Gasteiger partial charge in [0.25, 0.3) is 0 Å². The Morgan fingerprint density at radius 3 is 2.62 bits per heavy atom. The van der Waals surface area contributed by atoms with Gasteiger partial charge in [-0.1, -0.05) is 6.42 Å². The van der Waals surface area contributed by atoms with Crippen molar-refractivity contribution < 1.29 is 9.13 Å². The fraction of sp³-hybridized carbons (Fsp3) is 1.00. The standard InChI is InChI=1S/C10H20FNO/c1-13-8-10(11,6-3-7-12)9-4-2-5-9/h9H,2-8,12H2,1H3. The van der Waals surface area contributed by atoms with Gasteiger partial charge in [-0.05, 0) is 38.1 Å². The van der Waals surface area contributed by atoms with E-state index in [-0.39, 0.29) is 12.5 Å². The summed E-state index contributed by atoms with van der Waals surface area (Å²) in [6.45, 7) is 0.805. The first-order chi connectivity index (χ1) is 6.23. The summed E-state index contributed by atoms with van der Waals surface area (Å²) in [6, 6.07) is 0. The molecule has 13 heavy (non-hydrogen) atoms. The average molecular weight is 189 g/mol. The van der Waals surface area contributed by atoms with Crippen LogP contribution in [0.25, 0.3) is 0 Å². The molecule has 0 spiro atoms. The molecule has 2 nitrogen and oxygen atoms in total. The Kier molecular flexibility index (Phi) is 4.13. The van der Waals surface area contributed by atoms with E-state index in [1.807, 2.05) is 0 Å². The summed E-state index contributed by atoms with van der Waals surface area (Å²) in [7, 11) is 1.56. The molecule has 0 saturated heterocycles. The highest BCUT2D eigenvalue weighted by Gasteiger charge is 2.41. The van der Waals surface area contributed by atoms with Gasteiger partial charge in [-0.15, -0.1) is 0 Å². The Balaban J connectivity index is 2.40. The lowest BCUT2D eigenvalue weighted by atomic mass is 9.72. The molecule has 0 aromatic heterocycles. The fourth-order valence-corrected chi connectivity index (χ4v) is 1.96. The van der Waals surface area contributed by atoms with Crippen molar-refractivity contribution in [3.63, 3.8) is 0 Å². The zero-order valence-corrected chi connectivity index (χ0v) is 8.39. The van der Waals surface area contributed by atoms with E-state index in [0.717, 1.165) is 19.3 Å². The van der Waals surface area contributed by atoms with Gasteiger partial charge in [0.1, 0.15) is 5.67 Å². The summed E-state index contributed by atoms with van der Waals surface area (Å²) in [5.41, 5.74) is 4.28. The maximum Gasteiger partial charge on any atom is 0.137 e. The second-order valence-corrected chi connectivity index (χ2v) is 3.99. The first kappa shape index (κ1) is 10.9. The van der Waals surface area contributed by atoms with Gasteiger partial charge in [0.05, 0.1) is 6.61 Å². The van der Waals surface area contributed by atoms with Crippen molar-refractivity contribution in [3.8, 4) is 0 Å². The molecule has 78 valence electrons. The minimum Gasteiger partial charge on any atom is -0.381 e. The Bertz CT molecular complexity index is 150. The van der Waals surface area contributed by atoms with Gasteiger partial charge in [-0.3, -0.25) is 0 Å². The lowest BCUT2D eigenvalue weighted by Crippen LogP contribution is -2.42. The van der Waals surface area contributed by atoms with Crippen LogP contribution in [0.15, 0.2) is 0 Å². The lowest BCUT2D eigenvalue weighted by molar-refractivity contribution is -0.0397. The Hall–Kier alpha value is -0.150. The molecule has 1 saturated carbocycles. The van der Waals surface area contributed by atoms with Crippen LogP contribution in [0.1, 0.15) is 32.1 Å². The molecular weight excluding hydrogens is 169 g/mol. The van der Waals surface area contributed by atoms with E-state index in [0.29, 0.717) is 13.0 Å². The molecule has 2 N–H and O–H groups in total. The van der Waals surface area contributed by atoms with Gasteiger partial charge >= 0.3 is 0 Å². The van der Waals surface area contributed by atoms with Crippen LogP contribution in [0.4, 0.5) is 4.39 Å². The monoisotopic (exact) mass is 189 g/mol. The van der Waals surface area contributed by atoms with Crippen molar-refractivity contribution in [1.82, 2.24) is 0 Å². The van der Waals surface area contributed by atoms with Gasteiger partial charge in [-0.25, -0.2) is 4.39 Å². The van der Waals surface area contributed by atoms with Crippen LogP contribution in [-0.4, -0.2) is 25.9 Å². The van der Waals surface area contributed by atoms with E-state index < -0.39 is 5.67 Å². The van der Waals surface area contributed by atoms with Crippen LogP contribution >= 0.6 is 0 Å². The zero-order valence-electron chi connectivity index (χ0n) is 8.39. The molecule has 0 radical (unpaired) electrons. The summed E-state index contributed by atoms with van der Waals surface area (Å²) in [5.74, 6) is 0.221. The Labute approximate surface area is 79.6 Å². The second kappa shape index (κ2) is 4.91. The number of nitrogens with two attached hydrogens (primary N) is 1. The Morgan fingerprint density at radius 1 is 1.54 bits per heavy atom. The van der Waals surface area contributed by atoms with E-state index in [9.17, 15) is 4.39 Å². The number of ether oxygens (including phenoxy) is 1. The highest BCUT2D eigenvalue weighted by Crippen LogP contribution is 2.41. The molecule has 1 atom stereocenters. The van der Waals surface area contributed by atoms with Gasteiger partial charge in [-0.2, -0.15) is 0 Å². The van der Waals surface area contributed by atoms with E-state index >= 15 is 0 Å². The molecular formula is C10H20FNO. The smallest absolute Gasteiger partial charge is 0.137 e. The molecule has 0 aromatic carbocycles. The number of hydrogen-bond donors (Lipinski definition) is 1. The third-order valence-corrected chi connectivity index (χ3v) is 3.02. The quantitative estimate of drug-likeness (QED) is 0.692. The highest BCUT2D eigenvalue weighted by atomic mass is 19.1. The van der Waals surface area contributed by atoms with Crippen molar-refractivity contribution in [1.29, 1.82) is 0 Å². The van der Waals surface area contributed by atoms with Crippen molar-refractivity contribution >= 4 is 0 Å². The predicted octanol–water partition coefficient (Wildman–Crippen LogP) is 1.88. The number of rotatable bonds is 6. The summed E-state index contributed by atoms with van der Waals surface area (Å²) in [5, 5.41) is 0. The molecule has 1 aliphatic carbocycles. The number of halogens is 1. The van der Waals surface area contributed by atoms with Crippen LogP contribution in [-0.2, 0) is 4.74 Å². The minimum absolute atomic E-state index is 0.221. The molecule has 1 aliphatic rings. The molecule has 1 rings (SSSR count). The van der Waals surface area contributed by atoms with Gasteiger partial charge in [0.2, 0.25) is 0 Å². The lowest BCUT2D eigenvalue weighted by Gasteiger charge is -2.39. The van der Waals surface area contributed by atoms with Crippen LogP contribution < -0.4 is 5.73 Å². The maximum atomic E-state index is 14.2. The second-order valence-electron chi connectivity index (χ2n) is 3.99. The van der Waals surface area contributed by atoms with Crippen LogP contribution in [0.5, 0.6) is 0 Å². The van der Waals surface area contributed by atoms with Gasteiger partial charge in [0, 0.05) is 7.11 Å². The zero-order chi connectivity index (χ0) is 9.73. The van der Waals surface area contributed by atoms with E-state index in [2.05, 4.69) is 0 Å². The van der Waals surface area contributed by atoms with Gasteiger partial charge < -0.3 is 10.5 Å². The molecule has 0 aliphatic heterocycles. The number of alkyl halides is 1. The van der Waals surface area contributed by atoms with E-state index in [1.165, 1.54) is 6.42 Å². The molecule has 0 amide bonds. The first-order valence-corrected chi connectivity index (χ1v) is 5.11. The molecule has 1 unspecified atom stereocenters. The normalized spacial score (nSPS) is 22.4. The molecule has 3 heteroatoms. The topological polar surface area (TPSA) is 35.2 Å². The van der Waals surface area contributed by atoms with E-state index in [4.69, 9.17) is 10.5 Å². The third kappa shape index (κ3) is 2.64. The molecule has 0 bridgehead atoms. The first-order valence-electron chi connectivity index (χ1n) is 5.11. The van der Waals surface area contributed by atoms with Crippen molar-refractivity contribution in [2.24, 2.45) is 11.7 Å². The third-order valence-electron chi connectivity index (χ3n) is 3.02. The van der Waals surface area contributed by atoms with Gasteiger partial charge in [0.15, 0.2) is 0 Å². The summed E-state index contributed by atoms with van der Waals surface area (Å²) >= 11 is 0. The summed E-state index contributed by atoms with van der Waals surface area (Å²) in [6.07, 6.45) is 4.52. The molecule has 0 heterocycles. The average Bonchev–Trinajstić information content (AvgIpc) is 1.98. The van der Waals surface area contributed by atoms with Crippen LogP contribution in [0, 0.1) is 5.92 Å². The molecule has 1 fully saturated rings.